The molecule has 0 radical (unpaired) electrons. The zero-order chi connectivity index (χ0) is 12.3. The molecule has 0 saturated carbocycles. The van der Waals surface area contributed by atoms with Gasteiger partial charge in [-0.2, -0.15) is 17.6 Å². The number of nitrogens with zero attached hydrogens (tertiary/aromatic N) is 1. The lowest BCUT2D eigenvalue weighted by atomic mass is 10.2. The molecule has 0 fully saturated rings. The number of esters is 1. The number of rotatable bonds is 2. The van der Waals surface area contributed by atoms with E-state index in [0.29, 0.717) is 6.07 Å². The number of ether oxygens (including phenoxy) is 1. The lowest BCUT2D eigenvalue weighted by Gasteiger charge is -2.07. The topological polar surface area (TPSA) is 39.2 Å². The maximum Gasteiger partial charge on any atom is 0.420 e. The lowest BCUT2D eigenvalue weighted by Crippen LogP contribution is -2.12. The van der Waals surface area contributed by atoms with E-state index in [0.717, 1.165) is 13.2 Å². The van der Waals surface area contributed by atoms with Crippen molar-refractivity contribution in [3.8, 4) is 0 Å². The molecule has 0 amide bonds. The van der Waals surface area contributed by atoms with Gasteiger partial charge in [0.25, 0.3) is 0 Å². The molecular formula is C9H7F4NO2. The molecule has 0 unspecified atom stereocenters. The van der Waals surface area contributed by atoms with E-state index < -0.39 is 23.7 Å². The third kappa shape index (κ3) is 2.91. The predicted molar refractivity (Wildman–Crippen MR) is 44.9 cm³/mol. The molecule has 1 aromatic rings. The van der Waals surface area contributed by atoms with E-state index in [1.807, 2.05) is 0 Å². The lowest BCUT2D eigenvalue weighted by molar-refractivity contribution is -0.140. The third-order valence-corrected chi connectivity index (χ3v) is 1.76. The molecule has 0 aliphatic carbocycles. The standard InChI is InChI=1S/C9H7F4NO2/c1-16-7(15)4-5-2-3-6(8(10)14-5)9(11,12)13/h2-3H,4H2,1H3. The quantitative estimate of drug-likeness (QED) is 0.448. The van der Waals surface area contributed by atoms with Crippen LogP contribution >= 0.6 is 0 Å². The first-order valence-electron chi connectivity index (χ1n) is 4.14. The number of halogens is 4. The zero-order valence-corrected chi connectivity index (χ0v) is 8.14. The molecule has 0 aliphatic heterocycles. The number of carbonyl (C=O) groups is 1. The van der Waals surface area contributed by atoms with Crippen molar-refractivity contribution in [1.29, 1.82) is 0 Å². The Morgan fingerprint density at radius 1 is 1.44 bits per heavy atom. The molecule has 0 saturated heterocycles. The van der Waals surface area contributed by atoms with Crippen LogP contribution < -0.4 is 0 Å². The summed E-state index contributed by atoms with van der Waals surface area (Å²) in [5.74, 6) is -2.35. The molecule has 0 aromatic carbocycles. The molecule has 0 aliphatic rings. The Morgan fingerprint density at radius 2 is 2.06 bits per heavy atom. The van der Waals surface area contributed by atoms with Crippen LogP contribution in [0.5, 0.6) is 0 Å². The highest BCUT2D eigenvalue weighted by Gasteiger charge is 2.34. The Kier molecular flexibility index (Phi) is 3.46. The van der Waals surface area contributed by atoms with Gasteiger partial charge in [0.15, 0.2) is 0 Å². The summed E-state index contributed by atoms with van der Waals surface area (Å²) in [7, 11) is 1.11. The van der Waals surface area contributed by atoms with Crippen molar-refractivity contribution in [2.75, 3.05) is 7.11 Å². The average Bonchev–Trinajstić information content (AvgIpc) is 2.15. The Hall–Kier alpha value is -1.66. The first-order valence-corrected chi connectivity index (χ1v) is 4.14. The van der Waals surface area contributed by atoms with Crippen molar-refractivity contribution < 1.29 is 27.1 Å². The maximum atomic E-state index is 12.9. The monoisotopic (exact) mass is 237 g/mol. The van der Waals surface area contributed by atoms with Crippen molar-refractivity contribution in [1.82, 2.24) is 4.98 Å². The molecule has 1 rings (SSSR count). The summed E-state index contributed by atoms with van der Waals surface area (Å²) in [6, 6.07) is 1.48. The number of aromatic nitrogens is 1. The van der Waals surface area contributed by atoms with E-state index in [9.17, 15) is 22.4 Å². The van der Waals surface area contributed by atoms with Crippen LogP contribution in [0.2, 0.25) is 0 Å². The first-order chi connectivity index (χ1) is 7.34. The van der Waals surface area contributed by atoms with Gasteiger partial charge in [0.05, 0.1) is 19.2 Å². The van der Waals surface area contributed by atoms with Gasteiger partial charge >= 0.3 is 12.1 Å². The molecule has 0 bridgehead atoms. The van der Waals surface area contributed by atoms with E-state index in [2.05, 4.69) is 9.72 Å². The van der Waals surface area contributed by atoms with Crippen LogP contribution in [0.4, 0.5) is 17.6 Å². The largest absolute Gasteiger partial charge is 0.469 e. The second kappa shape index (κ2) is 4.46. The Bertz CT molecular complexity index is 403. The number of carbonyl (C=O) groups excluding carboxylic acids is 1. The minimum atomic E-state index is -4.79. The molecule has 16 heavy (non-hydrogen) atoms. The second-order valence-electron chi connectivity index (χ2n) is 2.89. The zero-order valence-electron chi connectivity index (χ0n) is 8.14. The van der Waals surface area contributed by atoms with E-state index in [1.54, 1.807) is 0 Å². The predicted octanol–water partition coefficient (Wildman–Crippen LogP) is 1.95. The Labute approximate surface area is 88.0 Å². The normalized spacial score (nSPS) is 11.3. The molecule has 0 spiro atoms. The summed E-state index contributed by atoms with van der Waals surface area (Å²) in [5.41, 5.74) is -1.57. The smallest absolute Gasteiger partial charge is 0.420 e. The van der Waals surface area contributed by atoms with Crippen LogP contribution in [-0.2, 0) is 22.1 Å². The van der Waals surface area contributed by atoms with Crippen molar-refractivity contribution in [3.63, 3.8) is 0 Å². The SMILES string of the molecule is COC(=O)Cc1ccc(C(F)(F)F)c(F)n1. The Morgan fingerprint density at radius 3 is 2.50 bits per heavy atom. The van der Waals surface area contributed by atoms with Crippen LogP contribution in [0.1, 0.15) is 11.3 Å². The number of hydrogen-bond donors (Lipinski definition) is 0. The summed E-state index contributed by atoms with van der Waals surface area (Å²) in [5, 5.41) is 0. The van der Waals surface area contributed by atoms with Crippen LogP contribution in [0, 0.1) is 5.95 Å². The van der Waals surface area contributed by atoms with Gasteiger partial charge in [-0.25, -0.2) is 4.98 Å². The van der Waals surface area contributed by atoms with Crippen LogP contribution in [-0.4, -0.2) is 18.1 Å². The number of methoxy groups -OCH3 is 1. The van der Waals surface area contributed by atoms with Crippen molar-refractivity contribution >= 4 is 5.97 Å². The minimum Gasteiger partial charge on any atom is -0.469 e. The molecule has 7 heteroatoms. The highest BCUT2D eigenvalue weighted by atomic mass is 19.4. The summed E-state index contributed by atoms with van der Waals surface area (Å²) in [6.07, 6.45) is -5.16. The van der Waals surface area contributed by atoms with Crippen molar-refractivity contribution in [2.24, 2.45) is 0 Å². The average molecular weight is 237 g/mol. The number of alkyl halides is 3. The van der Waals surface area contributed by atoms with Gasteiger partial charge in [0.1, 0.15) is 5.56 Å². The summed E-state index contributed by atoms with van der Waals surface area (Å²) in [4.78, 5) is 13.8. The fourth-order valence-electron chi connectivity index (χ4n) is 1.00. The molecule has 1 heterocycles. The summed E-state index contributed by atoms with van der Waals surface area (Å²) in [6.45, 7) is 0. The van der Waals surface area contributed by atoms with Gasteiger partial charge < -0.3 is 4.74 Å². The number of pyridine rings is 1. The van der Waals surface area contributed by atoms with Crippen molar-refractivity contribution in [3.05, 3.63) is 29.3 Å². The van der Waals surface area contributed by atoms with Crippen LogP contribution in [0.15, 0.2) is 12.1 Å². The molecule has 88 valence electrons. The summed E-state index contributed by atoms with van der Waals surface area (Å²) >= 11 is 0. The van der Waals surface area contributed by atoms with E-state index in [4.69, 9.17) is 0 Å². The fourth-order valence-corrected chi connectivity index (χ4v) is 1.00. The van der Waals surface area contributed by atoms with E-state index in [1.165, 1.54) is 0 Å². The van der Waals surface area contributed by atoms with Gasteiger partial charge in [-0.15, -0.1) is 0 Å². The van der Waals surface area contributed by atoms with Gasteiger partial charge in [-0.1, -0.05) is 0 Å². The molecule has 0 N–H and O–H groups in total. The van der Waals surface area contributed by atoms with Gasteiger partial charge in [0.2, 0.25) is 5.95 Å². The van der Waals surface area contributed by atoms with E-state index >= 15 is 0 Å². The highest BCUT2D eigenvalue weighted by molar-refractivity contribution is 5.71. The second-order valence-corrected chi connectivity index (χ2v) is 2.89. The van der Waals surface area contributed by atoms with Gasteiger partial charge in [-0.05, 0) is 12.1 Å². The maximum absolute atomic E-state index is 12.9. The van der Waals surface area contributed by atoms with Crippen LogP contribution in [0.3, 0.4) is 0 Å². The van der Waals surface area contributed by atoms with Crippen molar-refractivity contribution in [2.45, 2.75) is 12.6 Å². The number of hydrogen-bond acceptors (Lipinski definition) is 3. The molecule has 1 aromatic heterocycles. The fraction of sp³-hybridized carbons (Fsp3) is 0.333. The molecule has 3 nitrogen and oxygen atoms in total. The van der Waals surface area contributed by atoms with Gasteiger partial charge in [-0.3, -0.25) is 4.79 Å². The highest BCUT2D eigenvalue weighted by Crippen LogP contribution is 2.30. The third-order valence-electron chi connectivity index (χ3n) is 1.76. The Balaban J connectivity index is 2.96. The first kappa shape index (κ1) is 12.4. The van der Waals surface area contributed by atoms with Gasteiger partial charge in [0, 0.05) is 0 Å². The van der Waals surface area contributed by atoms with E-state index in [-0.39, 0.29) is 12.1 Å². The molecule has 0 atom stereocenters. The minimum absolute atomic E-state index is 0.114. The molecular weight excluding hydrogens is 230 g/mol. The van der Waals surface area contributed by atoms with Crippen LogP contribution in [0.25, 0.3) is 0 Å². The summed E-state index contributed by atoms with van der Waals surface area (Å²) < 4.78 is 53.6.